The van der Waals surface area contributed by atoms with E-state index in [-0.39, 0.29) is 11.9 Å². The van der Waals surface area contributed by atoms with Crippen molar-refractivity contribution in [2.45, 2.75) is 25.8 Å². The number of benzene rings is 1. The summed E-state index contributed by atoms with van der Waals surface area (Å²) < 4.78 is 5.49. The van der Waals surface area contributed by atoms with E-state index in [2.05, 4.69) is 5.32 Å². The normalized spacial score (nSPS) is 18.9. The number of ether oxygens (including phenoxy) is 1. The van der Waals surface area contributed by atoms with Crippen LogP contribution in [0.1, 0.15) is 30.1 Å². The minimum Gasteiger partial charge on any atom is -0.491 e. The molecule has 1 unspecified atom stereocenters. The molecule has 0 saturated carbocycles. The van der Waals surface area contributed by atoms with Crippen LogP contribution in [0.25, 0.3) is 0 Å². The molecule has 1 aliphatic rings. The van der Waals surface area contributed by atoms with Crippen molar-refractivity contribution >= 4 is 23.4 Å². The number of carbonyl (C=O) groups excluding carboxylic acids is 1. The molecule has 3 N–H and O–H groups in total. The second kappa shape index (κ2) is 6.70. The zero-order valence-electron chi connectivity index (χ0n) is 11.1. The maximum atomic E-state index is 12.3. The smallest absolute Gasteiger partial charge is 0.255 e. The number of hydrogen-bond donors (Lipinski definition) is 2. The third-order valence-electron chi connectivity index (χ3n) is 3.07. The molecular weight excluding hydrogens is 260 g/mol. The number of thioether (sulfide) groups is 1. The largest absolute Gasteiger partial charge is 0.491 e. The highest BCUT2D eigenvalue weighted by atomic mass is 32.2. The van der Waals surface area contributed by atoms with E-state index in [4.69, 9.17) is 10.5 Å². The van der Waals surface area contributed by atoms with Gasteiger partial charge in [0.25, 0.3) is 5.91 Å². The van der Waals surface area contributed by atoms with Gasteiger partial charge in [-0.25, -0.2) is 0 Å². The summed E-state index contributed by atoms with van der Waals surface area (Å²) in [6, 6.07) is 5.54. The number of para-hydroxylation sites is 1. The quantitative estimate of drug-likeness (QED) is 0.831. The van der Waals surface area contributed by atoms with Crippen molar-refractivity contribution in [2.24, 2.45) is 0 Å². The Morgan fingerprint density at radius 3 is 3.11 bits per heavy atom. The van der Waals surface area contributed by atoms with Crippen LogP contribution in [0.5, 0.6) is 5.75 Å². The third-order valence-corrected chi connectivity index (χ3v) is 4.29. The average molecular weight is 280 g/mol. The average Bonchev–Trinajstić information content (AvgIpc) is 2.42. The van der Waals surface area contributed by atoms with E-state index in [9.17, 15) is 4.79 Å². The minimum atomic E-state index is -0.0942. The standard InChI is InChI=1S/C14H20N2O2S/c1-2-18-13-11(6-3-7-12(13)15)14(17)16-10-5-4-8-19-9-10/h3,6-7,10H,2,4-5,8-9,15H2,1H3,(H,16,17). The number of carbonyl (C=O) groups is 1. The lowest BCUT2D eigenvalue weighted by molar-refractivity contribution is 0.0935. The molecule has 1 saturated heterocycles. The molecule has 104 valence electrons. The van der Waals surface area contributed by atoms with E-state index in [1.807, 2.05) is 18.7 Å². The molecule has 0 aromatic heterocycles. The van der Waals surface area contributed by atoms with Gasteiger partial charge in [0.1, 0.15) is 0 Å². The lowest BCUT2D eigenvalue weighted by Gasteiger charge is -2.23. The van der Waals surface area contributed by atoms with E-state index < -0.39 is 0 Å². The summed E-state index contributed by atoms with van der Waals surface area (Å²) in [5.74, 6) is 2.57. The summed E-state index contributed by atoms with van der Waals surface area (Å²) in [6.45, 7) is 2.37. The summed E-state index contributed by atoms with van der Waals surface area (Å²) in [4.78, 5) is 12.3. The molecular formula is C14H20N2O2S. The SMILES string of the molecule is CCOc1c(N)cccc1C(=O)NC1CCCSC1. The van der Waals surface area contributed by atoms with Crippen molar-refractivity contribution in [2.75, 3.05) is 23.8 Å². The van der Waals surface area contributed by atoms with Crippen molar-refractivity contribution in [1.29, 1.82) is 0 Å². The first-order valence-corrected chi connectivity index (χ1v) is 7.77. The summed E-state index contributed by atoms with van der Waals surface area (Å²) in [5, 5.41) is 3.07. The zero-order chi connectivity index (χ0) is 13.7. The Labute approximate surface area is 118 Å². The van der Waals surface area contributed by atoms with Gasteiger partial charge in [-0.2, -0.15) is 11.8 Å². The van der Waals surface area contributed by atoms with Gasteiger partial charge in [-0.15, -0.1) is 0 Å². The van der Waals surface area contributed by atoms with Crippen LogP contribution < -0.4 is 15.8 Å². The van der Waals surface area contributed by atoms with Crippen LogP contribution >= 0.6 is 11.8 Å². The highest BCUT2D eigenvalue weighted by Crippen LogP contribution is 2.27. The van der Waals surface area contributed by atoms with Gasteiger partial charge < -0.3 is 15.8 Å². The van der Waals surface area contributed by atoms with Gasteiger partial charge in [0.05, 0.1) is 17.9 Å². The van der Waals surface area contributed by atoms with E-state index in [0.29, 0.717) is 23.6 Å². The predicted molar refractivity (Wildman–Crippen MR) is 79.8 cm³/mol. The zero-order valence-corrected chi connectivity index (χ0v) is 12.0. The molecule has 1 heterocycles. The highest BCUT2D eigenvalue weighted by Gasteiger charge is 2.20. The van der Waals surface area contributed by atoms with E-state index in [1.54, 1.807) is 18.2 Å². The predicted octanol–water partition coefficient (Wildman–Crippen LogP) is 2.29. The van der Waals surface area contributed by atoms with Gasteiger partial charge in [-0.3, -0.25) is 4.79 Å². The molecule has 19 heavy (non-hydrogen) atoms. The van der Waals surface area contributed by atoms with Crippen molar-refractivity contribution in [3.05, 3.63) is 23.8 Å². The van der Waals surface area contributed by atoms with Crippen LogP contribution in [0.2, 0.25) is 0 Å². The monoisotopic (exact) mass is 280 g/mol. The van der Waals surface area contributed by atoms with Crippen LogP contribution in [0.15, 0.2) is 18.2 Å². The van der Waals surface area contributed by atoms with Gasteiger partial charge in [-0.1, -0.05) is 6.07 Å². The molecule has 1 amide bonds. The summed E-state index contributed by atoms with van der Waals surface area (Å²) in [5.41, 5.74) is 6.90. The van der Waals surface area contributed by atoms with E-state index >= 15 is 0 Å². The summed E-state index contributed by atoms with van der Waals surface area (Å²) in [7, 11) is 0. The van der Waals surface area contributed by atoms with Crippen molar-refractivity contribution in [3.8, 4) is 5.75 Å². The molecule has 1 aromatic carbocycles. The molecule has 1 atom stereocenters. The molecule has 0 spiro atoms. The lowest BCUT2D eigenvalue weighted by Crippen LogP contribution is -2.38. The number of hydrogen-bond acceptors (Lipinski definition) is 4. The maximum absolute atomic E-state index is 12.3. The number of rotatable bonds is 4. The van der Waals surface area contributed by atoms with Gasteiger partial charge in [0.2, 0.25) is 0 Å². The third kappa shape index (κ3) is 3.56. The summed E-state index contributed by atoms with van der Waals surface area (Å²) >= 11 is 1.89. The number of nitrogens with one attached hydrogen (secondary N) is 1. The fraction of sp³-hybridized carbons (Fsp3) is 0.500. The molecule has 1 fully saturated rings. The number of nitrogen functional groups attached to an aromatic ring is 1. The van der Waals surface area contributed by atoms with Crippen LogP contribution in [-0.4, -0.2) is 30.1 Å². The first-order chi connectivity index (χ1) is 9.22. The first-order valence-electron chi connectivity index (χ1n) is 6.62. The van der Waals surface area contributed by atoms with Gasteiger partial charge >= 0.3 is 0 Å². The van der Waals surface area contributed by atoms with Crippen LogP contribution in [0.3, 0.4) is 0 Å². The number of amides is 1. The van der Waals surface area contributed by atoms with E-state index in [0.717, 1.165) is 18.6 Å². The highest BCUT2D eigenvalue weighted by molar-refractivity contribution is 7.99. The molecule has 5 heteroatoms. The number of anilines is 1. The van der Waals surface area contributed by atoms with Gasteiger partial charge in [0.15, 0.2) is 5.75 Å². The Bertz CT molecular complexity index is 445. The maximum Gasteiger partial charge on any atom is 0.255 e. The van der Waals surface area contributed by atoms with Crippen LogP contribution in [0.4, 0.5) is 5.69 Å². The first kappa shape index (κ1) is 14.1. The summed E-state index contributed by atoms with van der Waals surface area (Å²) in [6.07, 6.45) is 2.20. The van der Waals surface area contributed by atoms with Crippen LogP contribution in [-0.2, 0) is 0 Å². The van der Waals surface area contributed by atoms with E-state index in [1.165, 1.54) is 5.75 Å². The molecule has 0 aliphatic carbocycles. The Morgan fingerprint density at radius 2 is 2.42 bits per heavy atom. The van der Waals surface area contributed by atoms with Crippen molar-refractivity contribution in [3.63, 3.8) is 0 Å². The van der Waals surface area contributed by atoms with Crippen molar-refractivity contribution < 1.29 is 9.53 Å². The Morgan fingerprint density at radius 1 is 1.58 bits per heavy atom. The Hall–Kier alpha value is -1.36. The fourth-order valence-corrected chi connectivity index (χ4v) is 3.23. The van der Waals surface area contributed by atoms with Crippen LogP contribution in [0, 0.1) is 0 Å². The lowest BCUT2D eigenvalue weighted by atomic mass is 10.1. The Kier molecular flexibility index (Phi) is 4.96. The number of nitrogens with two attached hydrogens (primary N) is 1. The molecule has 0 bridgehead atoms. The Balaban J connectivity index is 2.11. The molecule has 4 nitrogen and oxygen atoms in total. The molecule has 1 aliphatic heterocycles. The second-order valence-electron chi connectivity index (χ2n) is 4.54. The minimum absolute atomic E-state index is 0.0942. The van der Waals surface area contributed by atoms with Gasteiger partial charge in [-0.05, 0) is 37.7 Å². The molecule has 1 aromatic rings. The molecule has 0 radical (unpaired) electrons. The molecule has 2 rings (SSSR count). The second-order valence-corrected chi connectivity index (χ2v) is 5.69. The topological polar surface area (TPSA) is 64.3 Å². The van der Waals surface area contributed by atoms with Gasteiger partial charge in [0, 0.05) is 11.8 Å². The fourth-order valence-electron chi connectivity index (χ4n) is 2.16. The van der Waals surface area contributed by atoms with Crippen molar-refractivity contribution in [1.82, 2.24) is 5.32 Å².